The molecule has 4 rings (SSSR count). The van der Waals surface area contributed by atoms with Gasteiger partial charge in [-0.1, -0.05) is 0 Å². The fourth-order valence-electron chi connectivity index (χ4n) is 2.29. The van der Waals surface area contributed by atoms with Gasteiger partial charge in [0.2, 0.25) is 0 Å². The van der Waals surface area contributed by atoms with Gasteiger partial charge in [-0.05, 0) is 22.9 Å². The molecule has 2 aliphatic rings. The molecule has 16 heavy (non-hydrogen) atoms. The van der Waals surface area contributed by atoms with Crippen LogP contribution in [0.15, 0.2) is 32.5 Å². The van der Waals surface area contributed by atoms with Crippen molar-refractivity contribution in [1.29, 1.82) is 0 Å². The Balaban J connectivity index is 2.66. The Morgan fingerprint density at radius 1 is 0.750 bits per heavy atom. The largest absolute Gasteiger partial charge is 0.288 e. The summed E-state index contributed by atoms with van der Waals surface area (Å²) in [5, 5.41) is 6.40. The van der Waals surface area contributed by atoms with Crippen LogP contribution < -0.4 is 10.9 Å². The molecule has 0 spiro atoms. The van der Waals surface area contributed by atoms with Gasteiger partial charge in [-0.2, -0.15) is 0 Å². The highest BCUT2D eigenvalue weighted by atomic mass is 32.1. The summed E-state index contributed by atoms with van der Waals surface area (Å²) in [6, 6.07) is 3.61. The van der Waals surface area contributed by atoms with E-state index in [0.29, 0.717) is 21.2 Å². The SMILES string of the molecule is O=c1c2c3sccc3c(=O)c=2c2sccc12. The van der Waals surface area contributed by atoms with Crippen LogP contribution in [0, 0.1) is 10.4 Å². The molecule has 0 atom stereocenters. The number of rotatable bonds is 0. The molecule has 0 fully saturated rings. The van der Waals surface area contributed by atoms with Gasteiger partial charge in [-0.25, -0.2) is 0 Å². The van der Waals surface area contributed by atoms with Crippen molar-refractivity contribution >= 4 is 42.8 Å². The molecule has 4 heteroatoms. The van der Waals surface area contributed by atoms with Crippen molar-refractivity contribution in [2.24, 2.45) is 0 Å². The predicted octanol–water partition coefficient (Wildman–Crippen LogP) is 2.44. The highest BCUT2D eigenvalue weighted by Crippen LogP contribution is 2.26. The van der Waals surface area contributed by atoms with Gasteiger partial charge in [0.05, 0.1) is 19.8 Å². The second-order valence-electron chi connectivity index (χ2n) is 3.74. The van der Waals surface area contributed by atoms with Crippen molar-refractivity contribution in [2.75, 3.05) is 0 Å². The van der Waals surface area contributed by atoms with E-state index in [4.69, 9.17) is 0 Å². The minimum Gasteiger partial charge on any atom is -0.288 e. The van der Waals surface area contributed by atoms with Crippen LogP contribution >= 0.6 is 22.7 Å². The van der Waals surface area contributed by atoms with Gasteiger partial charge in [-0.3, -0.25) is 9.59 Å². The van der Waals surface area contributed by atoms with E-state index in [1.54, 1.807) is 12.1 Å². The summed E-state index contributed by atoms with van der Waals surface area (Å²) in [4.78, 5) is 24.3. The zero-order chi connectivity index (χ0) is 10.9. The monoisotopic (exact) mass is 244 g/mol. The van der Waals surface area contributed by atoms with Crippen LogP contribution in [-0.2, 0) is 0 Å². The van der Waals surface area contributed by atoms with E-state index < -0.39 is 0 Å². The first-order chi connectivity index (χ1) is 7.79. The van der Waals surface area contributed by atoms with Crippen LogP contribution in [0.2, 0.25) is 0 Å². The summed E-state index contributed by atoms with van der Waals surface area (Å²) in [7, 11) is 0. The van der Waals surface area contributed by atoms with Crippen molar-refractivity contribution in [2.45, 2.75) is 0 Å². The van der Waals surface area contributed by atoms with E-state index in [-0.39, 0.29) is 10.9 Å². The van der Waals surface area contributed by atoms with Gasteiger partial charge in [-0.15, -0.1) is 22.7 Å². The summed E-state index contributed by atoms with van der Waals surface area (Å²) in [6.07, 6.45) is 0. The van der Waals surface area contributed by atoms with Crippen LogP contribution in [0.4, 0.5) is 0 Å². The lowest BCUT2D eigenvalue weighted by molar-refractivity contribution is 1.63. The van der Waals surface area contributed by atoms with Crippen molar-refractivity contribution < 1.29 is 0 Å². The molecule has 0 bridgehead atoms. The zero-order valence-corrected chi connectivity index (χ0v) is 9.58. The topological polar surface area (TPSA) is 34.1 Å². The van der Waals surface area contributed by atoms with Crippen molar-refractivity contribution in [3.8, 4) is 0 Å². The molecular formula is C12H4O2S2. The molecule has 0 aromatic carbocycles. The Hall–Kier alpha value is -1.52. The summed E-state index contributed by atoms with van der Waals surface area (Å²) < 4.78 is 1.71. The minimum atomic E-state index is 0.0146. The quantitative estimate of drug-likeness (QED) is 0.476. The Kier molecular flexibility index (Phi) is 1.39. The molecule has 0 saturated heterocycles. The normalized spacial score (nSPS) is 12.2. The molecule has 0 aliphatic heterocycles. The molecule has 0 N–H and O–H groups in total. The first kappa shape index (κ1) is 8.61. The molecule has 2 aliphatic carbocycles. The second kappa shape index (κ2) is 2.59. The number of hydrogen-bond donors (Lipinski definition) is 0. The van der Waals surface area contributed by atoms with Gasteiger partial charge in [0, 0.05) is 10.8 Å². The first-order valence-corrected chi connectivity index (χ1v) is 6.54. The molecule has 76 valence electrons. The van der Waals surface area contributed by atoms with Gasteiger partial charge in [0.25, 0.3) is 0 Å². The van der Waals surface area contributed by atoms with Gasteiger partial charge in [0.15, 0.2) is 10.9 Å². The van der Waals surface area contributed by atoms with Gasteiger partial charge < -0.3 is 0 Å². The predicted molar refractivity (Wildman–Crippen MR) is 67.4 cm³/mol. The van der Waals surface area contributed by atoms with Crippen LogP contribution in [-0.4, -0.2) is 0 Å². The summed E-state index contributed by atoms with van der Waals surface area (Å²) >= 11 is 2.95. The summed E-state index contributed by atoms with van der Waals surface area (Å²) in [6.45, 7) is 0. The Morgan fingerprint density at radius 2 is 1.19 bits per heavy atom. The highest BCUT2D eigenvalue weighted by Gasteiger charge is 2.17. The number of hydrogen-bond acceptors (Lipinski definition) is 4. The molecule has 0 radical (unpaired) electrons. The maximum absolute atomic E-state index is 12.1. The highest BCUT2D eigenvalue weighted by molar-refractivity contribution is 7.18. The molecule has 0 amide bonds. The average Bonchev–Trinajstić information content (AvgIpc) is 2.93. The molecule has 0 unspecified atom stereocenters. The number of fused-ring (bicyclic) bond motifs is 4. The van der Waals surface area contributed by atoms with E-state index in [2.05, 4.69) is 0 Å². The molecule has 2 nitrogen and oxygen atoms in total. The maximum atomic E-state index is 12.1. The third-order valence-corrected chi connectivity index (χ3v) is 4.84. The van der Waals surface area contributed by atoms with Gasteiger partial charge >= 0.3 is 0 Å². The third-order valence-electron chi connectivity index (χ3n) is 2.98. The Morgan fingerprint density at radius 3 is 1.62 bits per heavy atom. The molecule has 2 heterocycles. The molecule has 0 saturated carbocycles. The van der Waals surface area contributed by atoms with Gasteiger partial charge in [0.1, 0.15) is 0 Å². The second-order valence-corrected chi connectivity index (χ2v) is 5.57. The van der Waals surface area contributed by atoms with E-state index in [1.807, 2.05) is 10.8 Å². The fourth-order valence-corrected chi connectivity index (χ4v) is 4.17. The Labute approximate surface area is 96.7 Å². The first-order valence-electron chi connectivity index (χ1n) is 4.78. The fraction of sp³-hybridized carbons (Fsp3) is 0. The van der Waals surface area contributed by atoms with Crippen LogP contribution in [0.3, 0.4) is 0 Å². The van der Waals surface area contributed by atoms with E-state index >= 15 is 0 Å². The van der Waals surface area contributed by atoms with Crippen molar-refractivity contribution in [3.05, 3.63) is 53.8 Å². The third kappa shape index (κ3) is 0.761. The van der Waals surface area contributed by atoms with Crippen molar-refractivity contribution in [1.82, 2.24) is 0 Å². The standard InChI is InChI=1S/C12H4O2S2/c13-9-5-1-3-15-11(5)8-7(9)12-6(10(8)14)2-4-16-12/h1-4H. The van der Waals surface area contributed by atoms with Crippen molar-refractivity contribution in [3.63, 3.8) is 0 Å². The molecule has 2 aromatic heterocycles. The number of thiophene rings is 2. The lowest BCUT2D eigenvalue weighted by Gasteiger charge is -1.75. The maximum Gasteiger partial charge on any atom is 0.196 e. The van der Waals surface area contributed by atoms with Crippen LogP contribution in [0.5, 0.6) is 0 Å². The van der Waals surface area contributed by atoms with E-state index in [0.717, 1.165) is 9.40 Å². The summed E-state index contributed by atoms with van der Waals surface area (Å²) in [5.74, 6) is 0. The Bertz CT molecular complexity index is 898. The smallest absolute Gasteiger partial charge is 0.196 e. The minimum absolute atomic E-state index is 0.0146. The van der Waals surface area contributed by atoms with Crippen LogP contribution in [0.1, 0.15) is 0 Å². The van der Waals surface area contributed by atoms with E-state index in [1.165, 1.54) is 22.7 Å². The van der Waals surface area contributed by atoms with E-state index in [9.17, 15) is 9.59 Å². The summed E-state index contributed by atoms with van der Waals surface area (Å²) in [5.41, 5.74) is 0.0293. The molecule has 2 aromatic rings. The zero-order valence-electron chi connectivity index (χ0n) is 7.94. The lowest BCUT2D eigenvalue weighted by Crippen LogP contribution is -1.94. The average molecular weight is 244 g/mol. The van der Waals surface area contributed by atoms with Crippen LogP contribution in [0.25, 0.3) is 20.2 Å². The molecular weight excluding hydrogens is 240 g/mol. The lowest BCUT2D eigenvalue weighted by atomic mass is 10.3.